The number of aryl methyl sites for hydroxylation is 1. The van der Waals surface area contributed by atoms with Gasteiger partial charge < -0.3 is 4.42 Å². The van der Waals surface area contributed by atoms with Gasteiger partial charge in [0.15, 0.2) is 0 Å². The SMILES string of the molecule is Cc1ccc2cc(-c3ccc(/C=C/C=C/c4ccc(S)s4)s3)c(=O)oc2c1. The molecule has 0 fully saturated rings. The van der Waals surface area contributed by atoms with Gasteiger partial charge in [-0.3, -0.25) is 0 Å². The van der Waals surface area contributed by atoms with Crippen molar-refractivity contribution in [3.05, 3.63) is 86.4 Å². The van der Waals surface area contributed by atoms with E-state index >= 15 is 0 Å². The lowest BCUT2D eigenvalue weighted by Crippen LogP contribution is -2.01. The molecule has 0 aliphatic carbocycles. The molecule has 0 saturated heterocycles. The monoisotopic (exact) mass is 408 g/mol. The first-order valence-electron chi connectivity index (χ1n) is 8.37. The molecule has 0 bridgehead atoms. The molecule has 134 valence electrons. The Kier molecular flexibility index (Phi) is 5.16. The van der Waals surface area contributed by atoms with Gasteiger partial charge in [0.05, 0.1) is 9.77 Å². The Morgan fingerprint density at radius 2 is 1.67 bits per heavy atom. The molecule has 0 amide bonds. The highest BCUT2D eigenvalue weighted by molar-refractivity contribution is 7.82. The summed E-state index contributed by atoms with van der Waals surface area (Å²) in [6.45, 7) is 1.98. The van der Waals surface area contributed by atoms with E-state index in [4.69, 9.17) is 4.42 Å². The van der Waals surface area contributed by atoms with Crippen LogP contribution in [0.25, 0.3) is 33.6 Å². The summed E-state index contributed by atoms with van der Waals surface area (Å²) in [4.78, 5) is 15.5. The maximum absolute atomic E-state index is 12.4. The van der Waals surface area contributed by atoms with Crippen LogP contribution in [0.4, 0.5) is 0 Å². The Hall–Kier alpha value is -2.34. The summed E-state index contributed by atoms with van der Waals surface area (Å²) in [5.74, 6) is 0. The van der Waals surface area contributed by atoms with Gasteiger partial charge in [0.25, 0.3) is 0 Å². The molecule has 0 aliphatic rings. The molecule has 2 nitrogen and oxygen atoms in total. The molecule has 4 rings (SSSR count). The summed E-state index contributed by atoms with van der Waals surface area (Å²) in [7, 11) is 0. The van der Waals surface area contributed by atoms with Crippen molar-refractivity contribution in [3.63, 3.8) is 0 Å². The van der Waals surface area contributed by atoms with E-state index in [1.807, 2.05) is 73.7 Å². The van der Waals surface area contributed by atoms with Crippen LogP contribution in [0.15, 0.2) is 74.1 Å². The highest BCUT2D eigenvalue weighted by atomic mass is 32.2. The average molecular weight is 409 g/mol. The van der Waals surface area contributed by atoms with E-state index in [2.05, 4.69) is 18.7 Å². The van der Waals surface area contributed by atoms with Gasteiger partial charge in [-0.05, 0) is 61.0 Å². The van der Waals surface area contributed by atoms with Crippen molar-refractivity contribution in [2.24, 2.45) is 0 Å². The Morgan fingerprint density at radius 3 is 2.41 bits per heavy atom. The van der Waals surface area contributed by atoms with Crippen molar-refractivity contribution in [2.45, 2.75) is 11.1 Å². The van der Waals surface area contributed by atoms with E-state index in [1.54, 1.807) is 22.7 Å². The van der Waals surface area contributed by atoms with Crippen LogP contribution >= 0.6 is 35.3 Å². The second-order valence-electron chi connectivity index (χ2n) is 6.09. The van der Waals surface area contributed by atoms with Gasteiger partial charge in [-0.1, -0.05) is 24.3 Å². The Morgan fingerprint density at radius 1 is 0.926 bits per heavy atom. The Labute approximate surface area is 170 Å². The molecule has 27 heavy (non-hydrogen) atoms. The molecule has 0 radical (unpaired) electrons. The van der Waals surface area contributed by atoms with E-state index in [0.29, 0.717) is 11.1 Å². The van der Waals surface area contributed by atoms with Crippen molar-refractivity contribution in [1.82, 2.24) is 0 Å². The van der Waals surface area contributed by atoms with Crippen LogP contribution in [-0.4, -0.2) is 0 Å². The van der Waals surface area contributed by atoms with Gasteiger partial charge >= 0.3 is 5.63 Å². The topological polar surface area (TPSA) is 30.2 Å². The standard InChI is InChI=1S/C22H16O2S3/c1-14-6-7-15-13-18(22(23)24-19(15)12-14)20-10-8-16(26-20)4-2-3-5-17-9-11-21(25)27-17/h2-13,25H,1H3/b4-2+,5-3+. The normalized spacial score (nSPS) is 11.9. The fraction of sp³-hybridized carbons (Fsp3) is 0.0455. The van der Waals surface area contributed by atoms with Crippen LogP contribution in [0.5, 0.6) is 0 Å². The van der Waals surface area contributed by atoms with Crippen LogP contribution < -0.4 is 5.63 Å². The largest absolute Gasteiger partial charge is 0.422 e. The van der Waals surface area contributed by atoms with Crippen LogP contribution in [0.3, 0.4) is 0 Å². The number of benzene rings is 1. The summed E-state index contributed by atoms with van der Waals surface area (Å²) in [5.41, 5.74) is 2.00. The summed E-state index contributed by atoms with van der Waals surface area (Å²) < 4.78 is 6.51. The zero-order chi connectivity index (χ0) is 18.8. The lowest BCUT2D eigenvalue weighted by Gasteiger charge is -2.01. The van der Waals surface area contributed by atoms with Crippen LogP contribution in [0.2, 0.25) is 0 Å². The summed E-state index contributed by atoms with van der Waals surface area (Å²) >= 11 is 7.53. The van der Waals surface area contributed by atoms with Crippen LogP contribution in [0, 0.1) is 6.92 Å². The Bertz CT molecular complexity index is 1220. The molecule has 0 saturated carbocycles. The predicted octanol–water partition coefficient (Wildman–Crippen LogP) is 6.91. The second kappa shape index (κ2) is 7.72. The fourth-order valence-electron chi connectivity index (χ4n) is 2.71. The number of fused-ring (bicyclic) bond motifs is 1. The molecular weight excluding hydrogens is 392 g/mol. The minimum absolute atomic E-state index is 0.300. The van der Waals surface area contributed by atoms with Gasteiger partial charge in [0, 0.05) is 20.0 Å². The summed E-state index contributed by atoms with van der Waals surface area (Å²) in [6, 6.07) is 15.8. The molecule has 1 aromatic carbocycles. The zero-order valence-electron chi connectivity index (χ0n) is 14.5. The minimum Gasteiger partial charge on any atom is -0.422 e. The summed E-state index contributed by atoms with van der Waals surface area (Å²) in [5, 5.41) is 0.933. The highest BCUT2D eigenvalue weighted by Crippen LogP contribution is 2.29. The lowest BCUT2D eigenvalue weighted by molar-refractivity contribution is 0.563. The van der Waals surface area contributed by atoms with Gasteiger partial charge in [-0.15, -0.1) is 35.3 Å². The average Bonchev–Trinajstić information content (AvgIpc) is 3.27. The number of thiol groups is 1. The molecule has 0 spiro atoms. The molecule has 0 aliphatic heterocycles. The van der Waals surface area contributed by atoms with E-state index in [-0.39, 0.29) is 5.63 Å². The minimum atomic E-state index is -0.300. The first-order chi connectivity index (χ1) is 13.1. The van der Waals surface area contributed by atoms with Crippen molar-refractivity contribution in [2.75, 3.05) is 0 Å². The molecule has 0 unspecified atom stereocenters. The third kappa shape index (κ3) is 4.16. The van der Waals surface area contributed by atoms with E-state index in [9.17, 15) is 4.79 Å². The quantitative estimate of drug-likeness (QED) is 0.226. The third-order valence-electron chi connectivity index (χ3n) is 4.03. The number of allylic oxidation sites excluding steroid dienone is 2. The van der Waals surface area contributed by atoms with Gasteiger partial charge in [-0.25, -0.2) is 4.79 Å². The van der Waals surface area contributed by atoms with Gasteiger partial charge in [-0.2, -0.15) is 0 Å². The highest BCUT2D eigenvalue weighted by Gasteiger charge is 2.10. The Balaban J connectivity index is 1.57. The van der Waals surface area contributed by atoms with E-state index in [0.717, 1.165) is 24.9 Å². The third-order valence-corrected chi connectivity index (χ3v) is 6.39. The number of thiophene rings is 2. The molecular formula is C22H16O2S3. The molecule has 4 aromatic rings. The van der Waals surface area contributed by atoms with Gasteiger partial charge in [0.2, 0.25) is 0 Å². The smallest absolute Gasteiger partial charge is 0.345 e. The predicted molar refractivity (Wildman–Crippen MR) is 120 cm³/mol. The van der Waals surface area contributed by atoms with Gasteiger partial charge in [0.1, 0.15) is 5.58 Å². The molecule has 3 aromatic heterocycles. The van der Waals surface area contributed by atoms with E-state index < -0.39 is 0 Å². The van der Waals surface area contributed by atoms with Crippen molar-refractivity contribution >= 4 is 58.4 Å². The van der Waals surface area contributed by atoms with Crippen LogP contribution in [0.1, 0.15) is 15.3 Å². The number of hydrogen-bond acceptors (Lipinski definition) is 5. The first-order valence-corrected chi connectivity index (χ1v) is 10.4. The number of rotatable bonds is 4. The van der Waals surface area contributed by atoms with Crippen molar-refractivity contribution < 1.29 is 4.42 Å². The first kappa shape index (κ1) is 18.0. The second-order valence-corrected chi connectivity index (χ2v) is 9.10. The van der Waals surface area contributed by atoms with Crippen molar-refractivity contribution in [1.29, 1.82) is 0 Å². The summed E-state index contributed by atoms with van der Waals surface area (Å²) in [6.07, 6.45) is 8.09. The maximum Gasteiger partial charge on any atom is 0.345 e. The molecule has 5 heteroatoms. The molecule has 0 N–H and O–H groups in total. The van der Waals surface area contributed by atoms with Crippen LogP contribution in [-0.2, 0) is 0 Å². The van der Waals surface area contributed by atoms with E-state index in [1.165, 1.54) is 4.88 Å². The number of hydrogen-bond donors (Lipinski definition) is 1. The lowest BCUT2D eigenvalue weighted by atomic mass is 10.1. The molecule has 0 atom stereocenters. The molecule has 3 heterocycles. The maximum atomic E-state index is 12.4. The fourth-order valence-corrected chi connectivity index (χ4v) is 4.69. The zero-order valence-corrected chi connectivity index (χ0v) is 17.0. The van der Waals surface area contributed by atoms with Crippen molar-refractivity contribution in [3.8, 4) is 10.4 Å².